The van der Waals surface area contributed by atoms with Gasteiger partial charge in [-0.15, -0.1) is 0 Å². The summed E-state index contributed by atoms with van der Waals surface area (Å²) in [6.45, 7) is 1.47. The highest BCUT2D eigenvalue weighted by Crippen LogP contribution is 2.12. The Morgan fingerprint density at radius 2 is 1.71 bits per heavy atom. The third kappa shape index (κ3) is 4.64. The number of amides is 1. The summed E-state index contributed by atoms with van der Waals surface area (Å²) in [7, 11) is 1.32. The number of esters is 1. The topological polar surface area (TPSA) is 72.5 Å². The number of hydrogen-bond donors (Lipinski definition) is 1. The molecule has 0 unspecified atom stereocenters. The molecule has 0 spiro atoms. The Bertz CT molecular complexity index is 791. The molecule has 0 atom stereocenters. The van der Waals surface area contributed by atoms with Gasteiger partial charge in [-0.2, -0.15) is 0 Å². The second-order valence-corrected chi connectivity index (χ2v) is 5.07. The summed E-state index contributed by atoms with van der Waals surface area (Å²) in [5.74, 6) is -0.784. The molecule has 122 valence electrons. The largest absolute Gasteiger partial charge is 0.465 e. The van der Waals surface area contributed by atoms with Gasteiger partial charge in [0.15, 0.2) is 5.78 Å². The standard InChI is InChI=1S/C19H17NO4/c1-13(21)16-4-3-5-17(12-16)20-18(22)11-8-14-6-9-15(10-7-14)19(23)24-2/h3-12H,1-2H3,(H,20,22)/b11-8+. The molecule has 0 aliphatic rings. The molecular weight excluding hydrogens is 306 g/mol. The molecule has 0 fully saturated rings. The van der Waals surface area contributed by atoms with E-state index in [2.05, 4.69) is 10.1 Å². The lowest BCUT2D eigenvalue weighted by Crippen LogP contribution is -2.08. The van der Waals surface area contributed by atoms with Crippen LogP contribution in [-0.4, -0.2) is 24.8 Å². The molecule has 0 aromatic heterocycles. The van der Waals surface area contributed by atoms with Crippen molar-refractivity contribution in [2.45, 2.75) is 6.92 Å². The minimum atomic E-state index is -0.409. The number of ketones is 1. The molecule has 0 radical (unpaired) electrons. The van der Waals surface area contributed by atoms with Gasteiger partial charge in [-0.3, -0.25) is 9.59 Å². The average molecular weight is 323 g/mol. The zero-order valence-electron chi connectivity index (χ0n) is 13.4. The first kappa shape index (κ1) is 17.1. The van der Waals surface area contributed by atoms with E-state index >= 15 is 0 Å². The predicted octanol–water partition coefficient (Wildman–Crippen LogP) is 3.33. The fourth-order valence-electron chi connectivity index (χ4n) is 2.02. The lowest BCUT2D eigenvalue weighted by molar-refractivity contribution is -0.111. The summed E-state index contributed by atoms with van der Waals surface area (Å²) in [6, 6.07) is 13.4. The molecule has 24 heavy (non-hydrogen) atoms. The van der Waals surface area contributed by atoms with Crippen LogP contribution in [0.5, 0.6) is 0 Å². The number of Topliss-reactive ketones (excluding diaryl/α,β-unsaturated/α-hetero) is 1. The van der Waals surface area contributed by atoms with Gasteiger partial charge in [0.2, 0.25) is 5.91 Å². The van der Waals surface area contributed by atoms with Gasteiger partial charge in [-0.1, -0.05) is 24.3 Å². The van der Waals surface area contributed by atoms with Crippen LogP contribution in [-0.2, 0) is 9.53 Å². The van der Waals surface area contributed by atoms with Crippen LogP contribution in [0.2, 0.25) is 0 Å². The van der Waals surface area contributed by atoms with Gasteiger partial charge in [0.25, 0.3) is 0 Å². The number of nitrogens with one attached hydrogen (secondary N) is 1. The van der Waals surface area contributed by atoms with Crippen LogP contribution in [0.15, 0.2) is 54.6 Å². The minimum absolute atomic E-state index is 0.0627. The molecule has 5 heteroatoms. The average Bonchev–Trinajstić information content (AvgIpc) is 2.60. The first-order valence-electron chi connectivity index (χ1n) is 7.28. The highest BCUT2D eigenvalue weighted by molar-refractivity contribution is 6.03. The number of rotatable bonds is 5. The third-order valence-corrected chi connectivity index (χ3v) is 3.30. The smallest absolute Gasteiger partial charge is 0.337 e. The maximum absolute atomic E-state index is 11.9. The number of carbonyl (C=O) groups is 3. The van der Waals surface area contributed by atoms with Crippen LogP contribution < -0.4 is 5.32 Å². The van der Waals surface area contributed by atoms with Gasteiger partial charge >= 0.3 is 5.97 Å². The molecule has 0 aliphatic heterocycles. The highest BCUT2D eigenvalue weighted by atomic mass is 16.5. The first-order chi connectivity index (χ1) is 11.5. The Kier molecular flexibility index (Phi) is 5.63. The fraction of sp³-hybridized carbons (Fsp3) is 0.105. The van der Waals surface area contributed by atoms with Crippen LogP contribution in [0.1, 0.15) is 33.2 Å². The summed E-state index contributed by atoms with van der Waals surface area (Å²) in [6.07, 6.45) is 3.01. The van der Waals surface area contributed by atoms with E-state index in [0.29, 0.717) is 16.8 Å². The van der Waals surface area contributed by atoms with E-state index in [1.54, 1.807) is 54.6 Å². The normalized spacial score (nSPS) is 10.4. The van der Waals surface area contributed by atoms with E-state index in [9.17, 15) is 14.4 Å². The summed E-state index contributed by atoms with van der Waals surface area (Å²) < 4.78 is 4.62. The lowest BCUT2D eigenvalue weighted by Gasteiger charge is -2.04. The molecule has 5 nitrogen and oxygen atoms in total. The highest BCUT2D eigenvalue weighted by Gasteiger charge is 2.04. The molecule has 0 aliphatic carbocycles. The number of methoxy groups -OCH3 is 1. The van der Waals surface area contributed by atoms with E-state index in [1.165, 1.54) is 20.1 Å². The molecule has 2 aromatic carbocycles. The monoisotopic (exact) mass is 323 g/mol. The van der Waals surface area contributed by atoms with E-state index in [0.717, 1.165) is 5.56 Å². The van der Waals surface area contributed by atoms with Gasteiger partial charge < -0.3 is 10.1 Å². The first-order valence-corrected chi connectivity index (χ1v) is 7.28. The van der Waals surface area contributed by atoms with Crippen molar-refractivity contribution in [3.63, 3.8) is 0 Å². The Morgan fingerprint density at radius 3 is 2.33 bits per heavy atom. The molecule has 0 saturated heterocycles. The van der Waals surface area contributed by atoms with Gasteiger partial charge in [0.1, 0.15) is 0 Å². The van der Waals surface area contributed by atoms with Crippen LogP contribution in [0.4, 0.5) is 5.69 Å². The predicted molar refractivity (Wildman–Crippen MR) is 91.9 cm³/mol. The van der Waals surface area contributed by atoms with E-state index in [1.807, 2.05) is 0 Å². The Labute approximate surface area is 140 Å². The summed E-state index contributed by atoms with van der Waals surface area (Å²) in [5, 5.41) is 2.69. The van der Waals surface area contributed by atoms with E-state index in [-0.39, 0.29) is 11.7 Å². The van der Waals surface area contributed by atoms with Crippen molar-refractivity contribution in [2.24, 2.45) is 0 Å². The number of ether oxygens (including phenoxy) is 1. The molecule has 0 heterocycles. The zero-order chi connectivity index (χ0) is 17.5. The Morgan fingerprint density at radius 1 is 1.00 bits per heavy atom. The van der Waals surface area contributed by atoms with Crippen LogP contribution >= 0.6 is 0 Å². The van der Waals surface area contributed by atoms with Crippen molar-refractivity contribution in [1.29, 1.82) is 0 Å². The summed E-state index contributed by atoms with van der Waals surface area (Å²) in [4.78, 5) is 34.6. The minimum Gasteiger partial charge on any atom is -0.465 e. The summed E-state index contributed by atoms with van der Waals surface area (Å²) in [5.41, 5.74) is 2.31. The fourth-order valence-corrected chi connectivity index (χ4v) is 2.02. The number of hydrogen-bond acceptors (Lipinski definition) is 4. The maximum atomic E-state index is 11.9. The molecule has 0 saturated carbocycles. The number of carbonyl (C=O) groups excluding carboxylic acids is 3. The van der Waals surface area contributed by atoms with Gasteiger partial charge in [-0.25, -0.2) is 4.79 Å². The van der Waals surface area contributed by atoms with Crippen molar-refractivity contribution in [3.05, 3.63) is 71.3 Å². The Hall–Kier alpha value is -3.21. The van der Waals surface area contributed by atoms with Crippen LogP contribution in [0.3, 0.4) is 0 Å². The van der Waals surface area contributed by atoms with Crippen molar-refractivity contribution < 1.29 is 19.1 Å². The SMILES string of the molecule is COC(=O)c1ccc(/C=C/C(=O)Nc2cccc(C(C)=O)c2)cc1. The zero-order valence-corrected chi connectivity index (χ0v) is 13.4. The van der Waals surface area contributed by atoms with E-state index in [4.69, 9.17) is 0 Å². The maximum Gasteiger partial charge on any atom is 0.337 e. The quantitative estimate of drug-likeness (QED) is 0.520. The molecule has 0 bridgehead atoms. The van der Waals surface area contributed by atoms with Crippen LogP contribution in [0.25, 0.3) is 6.08 Å². The number of anilines is 1. The van der Waals surface area contributed by atoms with Crippen molar-refractivity contribution in [2.75, 3.05) is 12.4 Å². The second-order valence-electron chi connectivity index (χ2n) is 5.07. The van der Waals surface area contributed by atoms with Crippen molar-refractivity contribution >= 4 is 29.4 Å². The van der Waals surface area contributed by atoms with E-state index < -0.39 is 5.97 Å². The molecule has 1 N–H and O–H groups in total. The Balaban J connectivity index is 2.01. The molecular formula is C19H17NO4. The van der Waals surface area contributed by atoms with Gasteiger partial charge in [0.05, 0.1) is 12.7 Å². The summed E-state index contributed by atoms with van der Waals surface area (Å²) >= 11 is 0. The van der Waals surface area contributed by atoms with Gasteiger partial charge in [-0.05, 0) is 42.8 Å². The molecule has 2 rings (SSSR count). The second kappa shape index (κ2) is 7.87. The lowest BCUT2D eigenvalue weighted by atomic mass is 10.1. The van der Waals surface area contributed by atoms with Crippen molar-refractivity contribution in [1.82, 2.24) is 0 Å². The number of benzene rings is 2. The van der Waals surface area contributed by atoms with Crippen LogP contribution in [0, 0.1) is 0 Å². The van der Waals surface area contributed by atoms with Gasteiger partial charge in [0, 0.05) is 17.3 Å². The van der Waals surface area contributed by atoms with Crippen molar-refractivity contribution in [3.8, 4) is 0 Å². The third-order valence-electron chi connectivity index (χ3n) is 3.30. The molecule has 2 aromatic rings. The molecule has 1 amide bonds.